The number of fused-ring (bicyclic) bond motifs is 1. The number of amides is 1. The second-order valence-electron chi connectivity index (χ2n) is 6.75. The molecule has 1 fully saturated rings. The van der Waals surface area contributed by atoms with E-state index in [0.29, 0.717) is 30.3 Å². The summed E-state index contributed by atoms with van der Waals surface area (Å²) in [6.07, 6.45) is 0. The Morgan fingerprint density at radius 2 is 1.83 bits per heavy atom. The second kappa shape index (κ2) is 7.97. The molecule has 1 N–H and O–H groups in total. The maximum atomic E-state index is 12.9. The maximum absolute atomic E-state index is 12.9. The zero-order valence-corrected chi connectivity index (χ0v) is 16.0. The van der Waals surface area contributed by atoms with Crippen LogP contribution in [-0.2, 0) is 14.3 Å². The number of rotatable bonds is 5. The molecule has 29 heavy (non-hydrogen) atoms. The first-order valence-corrected chi connectivity index (χ1v) is 9.34. The van der Waals surface area contributed by atoms with E-state index in [2.05, 4.69) is 0 Å². The lowest BCUT2D eigenvalue weighted by molar-refractivity contribution is -0.140. The first-order valence-electron chi connectivity index (χ1n) is 9.34. The molecule has 0 radical (unpaired) electrons. The van der Waals surface area contributed by atoms with Crippen LogP contribution in [0.3, 0.4) is 0 Å². The van der Waals surface area contributed by atoms with Crippen molar-refractivity contribution in [2.45, 2.75) is 6.04 Å². The molecule has 4 rings (SSSR count). The fourth-order valence-corrected chi connectivity index (χ4v) is 3.63. The Labute approximate surface area is 168 Å². The minimum atomic E-state index is -0.720. The highest BCUT2D eigenvalue weighted by atomic mass is 16.6. The summed E-state index contributed by atoms with van der Waals surface area (Å²) >= 11 is 0. The first-order chi connectivity index (χ1) is 14.1. The molecule has 0 aromatic heterocycles. The number of aliphatic hydroxyl groups excluding tert-OH is 1. The number of benzene rings is 2. The fraction of sp³-hybridized carbons (Fsp3) is 0.273. The van der Waals surface area contributed by atoms with Crippen LogP contribution in [0.4, 0.5) is 0 Å². The Kier molecular flexibility index (Phi) is 5.22. The van der Waals surface area contributed by atoms with Gasteiger partial charge < -0.3 is 24.2 Å². The Morgan fingerprint density at radius 3 is 2.55 bits per heavy atom. The van der Waals surface area contributed by atoms with Crippen molar-refractivity contribution in [2.24, 2.45) is 0 Å². The van der Waals surface area contributed by atoms with E-state index in [4.69, 9.17) is 14.2 Å². The van der Waals surface area contributed by atoms with Gasteiger partial charge in [-0.2, -0.15) is 0 Å². The van der Waals surface area contributed by atoms with Crippen LogP contribution in [0.25, 0.3) is 5.76 Å². The summed E-state index contributed by atoms with van der Waals surface area (Å²) in [7, 11) is 1.53. The fourth-order valence-electron chi connectivity index (χ4n) is 3.63. The number of methoxy groups -OCH3 is 1. The number of carbonyl (C=O) groups is 2. The van der Waals surface area contributed by atoms with E-state index in [-0.39, 0.29) is 24.5 Å². The van der Waals surface area contributed by atoms with Gasteiger partial charge in [-0.25, -0.2) is 0 Å². The summed E-state index contributed by atoms with van der Waals surface area (Å²) in [5.74, 6) is -0.551. The van der Waals surface area contributed by atoms with Crippen molar-refractivity contribution in [1.29, 1.82) is 0 Å². The van der Waals surface area contributed by atoms with Crippen molar-refractivity contribution >= 4 is 17.4 Å². The van der Waals surface area contributed by atoms with Gasteiger partial charge >= 0.3 is 0 Å². The molecular formula is C22H21NO6. The van der Waals surface area contributed by atoms with Gasteiger partial charge in [-0.05, 0) is 23.8 Å². The van der Waals surface area contributed by atoms with Crippen molar-refractivity contribution < 1.29 is 28.9 Å². The molecule has 1 amide bonds. The van der Waals surface area contributed by atoms with Gasteiger partial charge in [-0.1, -0.05) is 30.3 Å². The molecule has 1 saturated heterocycles. The lowest BCUT2D eigenvalue weighted by Gasteiger charge is -2.25. The van der Waals surface area contributed by atoms with Gasteiger partial charge in [0.1, 0.15) is 19.0 Å². The standard InChI is InChI=1S/C22H21NO6/c1-27-10-9-23-19(14-5-3-2-4-6-14)18(21(25)22(23)26)20(24)15-7-8-16-17(13-15)29-12-11-28-16/h2-8,13,19,24H,9-12H2,1H3. The molecule has 2 aliphatic heterocycles. The number of nitrogens with zero attached hydrogens (tertiary/aromatic N) is 1. The van der Waals surface area contributed by atoms with Crippen molar-refractivity contribution in [3.05, 3.63) is 65.2 Å². The second-order valence-corrected chi connectivity index (χ2v) is 6.75. The number of carbonyl (C=O) groups excluding carboxylic acids is 2. The zero-order valence-electron chi connectivity index (χ0n) is 16.0. The van der Waals surface area contributed by atoms with Crippen molar-refractivity contribution in [3.8, 4) is 11.5 Å². The summed E-state index contributed by atoms with van der Waals surface area (Å²) in [5.41, 5.74) is 1.18. The highest BCUT2D eigenvalue weighted by molar-refractivity contribution is 6.46. The number of hydrogen-bond donors (Lipinski definition) is 1. The van der Waals surface area contributed by atoms with E-state index in [1.54, 1.807) is 18.2 Å². The molecule has 0 spiro atoms. The topological polar surface area (TPSA) is 85.3 Å². The van der Waals surface area contributed by atoms with Crippen LogP contribution >= 0.6 is 0 Å². The lowest BCUT2D eigenvalue weighted by atomic mass is 9.95. The summed E-state index contributed by atoms with van der Waals surface area (Å²) in [6.45, 7) is 1.37. The SMILES string of the molecule is COCCN1C(=O)C(=O)C(=C(O)c2ccc3c(c2)OCCO3)C1c1ccccc1. The van der Waals surface area contributed by atoms with Gasteiger partial charge in [0.05, 0.1) is 18.2 Å². The molecule has 2 aromatic carbocycles. The predicted octanol–water partition coefficient (Wildman–Crippen LogP) is 2.53. The highest BCUT2D eigenvalue weighted by Gasteiger charge is 2.45. The van der Waals surface area contributed by atoms with Crippen LogP contribution in [0.1, 0.15) is 17.2 Å². The first kappa shape index (κ1) is 19.0. The molecule has 7 nitrogen and oxygen atoms in total. The molecule has 2 heterocycles. The van der Waals surface area contributed by atoms with Crippen molar-refractivity contribution in [2.75, 3.05) is 33.5 Å². The van der Waals surface area contributed by atoms with Crippen LogP contribution in [0, 0.1) is 0 Å². The molecule has 2 aliphatic rings. The van der Waals surface area contributed by atoms with E-state index in [1.165, 1.54) is 12.0 Å². The normalized spacial score (nSPS) is 20.2. The van der Waals surface area contributed by atoms with E-state index in [1.807, 2.05) is 30.3 Å². The van der Waals surface area contributed by atoms with Crippen molar-refractivity contribution in [3.63, 3.8) is 0 Å². The number of likely N-dealkylation sites (tertiary alicyclic amines) is 1. The molecule has 0 saturated carbocycles. The minimum absolute atomic E-state index is 0.0500. The summed E-state index contributed by atoms with van der Waals surface area (Å²) in [5, 5.41) is 11.0. The average molecular weight is 395 g/mol. The number of Topliss-reactive ketones (excluding diaryl/α,β-unsaturated/α-hetero) is 1. The minimum Gasteiger partial charge on any atom is -0.507 e. The van der Waals surface area contributed by atoms with Gasteiger partial charge in [0.2, 0.25) is 0 Å². The predicted molar refractivity (Wildman–Crippen MR) is 105 cm³/mol. The Bertz CT molecular complexity index is 969. The Hall–Kier alpha value is -3.32. The number of aliphatic hydroxyl groups is 1. The van der Waals surface area contributed by atoms with Gasteiger partial charge in [-0.15, -0.1) is 0 Å². The van der Waals surface area contributed by atoms with Crippen LogP contribution in [-0.4, -0.2) is 55.2 Å². The molecule has 2 aromatic rings. The van der Waals surface area contributed by atoms with Crippen LogP contribution in [0.15, 0.2) is 54.1 Å². The molecule has 1 atom stereocenters. The number of ether oxygens (including phenoxy) is 3. The molecule has 0 aliphatic carbocycles. The number of ketones is 1. The zero-order chi connectivity index (χ0) is 20.4. The summed E-state index contributed by atoms with van der Waals surface area (Å²) in [4.78, 5) is 27.0. The van der Waals surface area contributed by atoms with Crippen molar-refractivity contribution in [1.82, 2.24) is 4.90 Å². The number of hydrogen-bond acceptors (Lipinski definition) is 6. The van der Waals surface area contributed by atoms with E-state index < -0.39 is 17.7 Å². The van der Waals surface area contributed by atoms with E-state index in [0.717, 1.165) is 5.56 Å². The third-order valence-electron chi connectivity index (χ3n) is 5.01. The smallest absolute Gasteiger partial charge is 0.295 e. The molecule has 0 bridgehead atoms. The summed E-state index contributed by atoms with van der Waals surface area (Å²) < 4.78 is 16.2. The van der Waals surface area contributed by atoms with Gasteiger partial charge in [0.25, 0.3) is 11.7 Å². The lowest BCUT2D eigenvalue weighted by Crippen LogP contribution is -2.32. The third-order valence-corrected chi connectivity index (χ3v) is 5.01. The monoisotopic (exact) mass is 395 g/mol. The Balaban J connectivity index is 1.82. The molecule has 1 unspecified atom stereocenters. The average Bonchev–Trinajstić information content (AvgIpc) is 3.02. The summed E-state index contributed by atoms with van der Waals surface area (Å²) in [6, 6.07) is 13.4. The van der Waals surface area contributed by atoms with Crippen LogP contribution in [0.2, 0.25) is 0 Å². The third kappa shape index (κ3) is 3.45. The van der Waals surface area contributed by atoms with Gasteiger partial charge in [-0.3, -0.25) is 9.59 Å². The molecule has 7 heteroatoms. The van der Waals surface area contributed by atoms with Gasteiger partial charge in [0.15, 0.2) is 11.5 Å². The molecule has 150 valence electrons. The highest BCUT2D eigenvalue weighted by Crippen LogP contribution is 2.40. The molecular weight excluding hydrogens is 374 g/mol. The van der Waals surface area contributed by atoms with E-state index >= 15 is 0 Å². The quantitative estimate of drug-likeness (QED) is 0.476. The largest absolute Gasteiger partial charge is 0.507 e. The van der Waals surface area contributed by atoms with Crippen LogP contribution < -0.4 is 9.47 Å². The van der Waals surface area contributed by atoms with Gasteiger partial charge in [0, 0.05) is 19.2 Å². The van der Waals surface area contributed by atoms with E-state index in [9.17, 15) is 14.7 Å². The van der Waals surface area contributed by atoms with Crippen LogP contribution in [0.5, 0.6) is 11.5 Å². The maximum Gasteiger partial charge on any atom is 0.295 e. The Morgan fingerprint density at radius 1 is 1.10 bits per heavy atom.